The highest BCUT2D eigenvalue weighted by Gasteiger charge is 2.41. The van der Waals surface area contributed by atoms with Gasteiger partial charge in [-0.15, -0.1) is 0 Å². The average Bonchev–Trinajstić information content (AvgIpc) is 3.53. The number of pyridine rings is 1. The number of nitrogens with zero attached hydrogens (tertiary/aromatic N) is 2. The van der Waals surface area contributed by atoms with Crippen LogP contribution in [0.5, 0.6) is 0 Å². The summed E-state index contributed by atoms with van der Waals surface area (Å²) < 4.78 is 6.26. The van der Waals surface area contributed by atoms with Gasteiger partial charge in [-0.25, -0.2) is 4.79 Å². The predicted octanol–water partition coefficient (Wildman–Crippen LogP) is 5.04. The topological polar surface area (TPSA) is 108 Å². The monoisotopic (exact) mass is 512 g/mol. The van der Waals surface area contributed by atoms with Crippen molar-refractivity contribution in [3.8, 4) is 11.3 Å². The predicted molar refractivity (Wildman–Crippen MR) is 143 cm³/mol. The molecule has 1 fully saturated rings. The number of aromatic carboxylic acids is 1. The summed E-state index contributed by atoms with van der Waals surface area (Å²) in [5.74, 6) is 0.0356. The first kappa shape index (κ1) is 24.2. The first-order valence-electron chi connectivity index (χ1n) is 11.8. The lowest BCUT2D eigenvalue weighted by molar-refractivity contribution is -0.116. The highest BCUT2D eigenvalue weighted by molar-refractivity contribution is 7.80. The maximum atomic E-state index is 12.7. The third kappa shape index (κ3) is 5.36. The fourth-order valence-corrected chi connectivity index (χ4v) is 4.73. The molecule has 2 atom stereocenters. The first-order valence-corrected chi connectivity index (χ1v) is 12.2. The molecule has 9 heteroatoms. The molecule has 8 nitrogen and oxygen atoms in total. The molecule has 0 radical (unpaired) electrons. The molecule has 0 aliphatic carbocycles. The Hall–Kier alpha value is -4.50. The third-order valence-corrected chi connectivity index (χ3v) is 6.50. The van der Waals surface area contributed by atoms with E-state index in [2.05, 4.69) is 15.6 Å². The minimum Gasteiger partial charge on any atom is -0.478 e. The molecule has 186 valence electrons. The van der Waals surface area contributed by atoms with Crippen LogP contribution in [0.25, 0.3) is 11.3 Å². The van der Waals surface area contributed by atoms with Crippen LogP contribution in [0.1, 0.15) is 40.3 Å². The van der Waals surface area contributed by atoms with Crippen LogP contribution >= 0.6 is 12.2 Å². The molecule has 1 aliphatic heterocycles. The van der Waals surface area contributed by atoms with Crippen LogP contribution in [0.2, 0.25) is 0 Å². The molecule has 1 saturated heterocycles. The van der Waals surface area contributed by atoms with Gasteiger partial charge in [0.1, 0.15) is 17.6 Å². The first-order chi connectivity index (χ1) is 18.0. The normalized spacial score (nSPS) is 16.9. The number of furan rings is 1. The number of anilines is 1. The Morgan fingerprint density at radius 2 is 1.84 bits per heavy atom. The Morgan fingerprint density at radius 1 is 1.03 bits per heavy atom. The van der Waals surface area contributed by atoms with Crippen molar-refractivity contribution < 1.29 is 19.1 Å². The summed E-state index contributed by atoms with van der Waals surface area (Å²) in [7, 11) is 0. The SMILES string of the molecule is O=C(CCN1C(=S)N[C@H](c2ccccn2)[C@H]1c1ccc(-c2cccc(C(=O)O)c2)o1)Nc1ccccc1. The molecule has 1 aliphatic rings. The Morgan fingerprint density at radius 3 is 2.59 bits per heavy atom. The van der Waals surface area contributed by atoms with Gasteiger partial charge in [0.25, 0.3) is 0 Å². The van der Waals surface area contributed by atoms with E-state index >= 15 is 0 Å². The quantitative estimate of drug-likeness (QED) is 0.282. The number of amides is 1. The van der Waals surface area contributed by atoms with Crippen LogP contribution in [-0.2, 0) is 4.79 Å². The van der Waals surface area contributed by atoms with Crippen molar-refractivity contribution >= 4 is 34.9 Å². The Balaban J connectivity index is 1.42. The fourth-order valence-electron chi connectivity index (χ4n) is 4.39. The smallest absolute Gasteiger partial charge is 0.335 e. The van der Waals surface area contributed by atoms with Crippen molar-refractivity contribution in [2.75, 3.05) is 11.9 Å². The summed E-state index contributed by atoms with van der Waals surface area (Å²) in [5, 5.41) is 16.1. The molecule has 0 spiro atoms. The second-order valence-electron chi connectivity index (χ2n) is 8.57. The van der Waals surface area contributed by atoms with E-state index in [1.165, 1.54) is 6.07 Å². The number of nitrogens with one attached hydrogen (secondary N) is 2. The molecule has 0 saturated carbocycles. The summed E-state index contributed by atoms with van der Waals surface area (Å²) in [4.78, 5) is 30.5. The number of hydrogen-bond donors (Lipinski definition) is 3. The highest BCUT2D eigenvalue weighted by atomic mass is 32.1. The van der Waals surface area contributed by atoms with Crippen molar-refractivity contribution in [1.82, 2.24) is 15.2 Å². The van der Waals surface area contributed by atoms with Gasteiger partial charge in [-0.3, -0.25) is 9.78 Å². The van der Waals surface area contributed by atoms with Crippen LogP contribution < -0.4 is 10.6 Å². The van der Waals surface area contributed by atoms with Gasteiger partial charge in [0.05, 0.1) is 17.3 Å². The zero-order chi connectivity index (χ0) is 25.8. The molecule has 3 N–H and O–H groups in total. The maximum absolute atomic E-state index is 12.7. The second kappa shape index (κ2) is 10.6. The van der Waals surface area contributed by atoms with Gasteiger partial charge in [0.2, 0.25) is 5.91 Å². The van der Waals surface area contributed by atoms with E-state index in [1.54, 1.807) is 24.4 Å². The Kier molecular flexibility index (Phi) is 6.96. The standard InChI is InChI=1S/C28H24N4O4S/c33-24(30-20-9-2-1-3-10-20)14-16-32-26(25(31-28(32)37)21-11-4-5-15-29-21)23-13-12-22(36-23)18-7-6-8-19(17-18)27(34)35/h1-13,15,17,25-26H,14,16H2,(H,30,33)(H,31,37)(H,34,35)/t25-,26-/m1/s1. The van der Waals surface area contributed by atoms with Crippen LogP contribution in [0.3, 0.4) is 0 Å². The molecular formula is C28H24N4O4S. The highest BCUT2D eigenvalue weighted by Crippen LogP contribution is 2.40. The van der Waals surface area contributed by atoms with Crippen LogP contribution in [0.15, 0.2) is 95.5 Å². The average molecular weight is 513 g/mol. The number of carbonyl (C=O) groups excluding carboxylic acids is 1. The Labute approximate surface area is 219 Å². The summed E-state index contributed by atoms with van der Waals surface area (Å²) in [6.45, 7) is 0.364. The molecule has 3 heterocycles. The van der Waals surface area contributed by atoms with Gasteiger partial charge in [-0.2, -0.15) is 0 Å². The van der Waals surface area contributed by atoms with Gasteiger partial charge in [0.15, 0.2) is 5.11 Å². The summed E-state index contributed by atoms with van der Waals surface area (Å²) in [5.41, 5.74) is 2.35. The number of hydrogen-bond acceptors (Lipinski definition) is 5. The maximum Gasteiger partial charge on any atom is 0.335 e. The minimum atomic E-state index is -1.01. The number of aromatic nitrogens is 1. The Bertz CT molecular complexity index is 1420. The molecule has 4 aromatic rings. The molecule has 37 heavy (non-hydrogen) atoms. The largest absolute Gasteiger partial charge is 0.478 e. The second-order valence-corrected chi connectivity index (χ2v) is 8.96. The number of carbonyl (C=O) groups is 2. The van der Waals surface area contributed by atoms with E-state index in [0.717, 1.165) is 11.4 Å². The van der Waals surface area contributed by atoms with Gasteiger partial charge in [-0.1, -0.05) is 36.4 Å². The summed E-state index contributed by atoms with van der Waals surface area (Å²) in [6, 6.07) is 24.6. The number of para-hydroxylation sites is 1. The van der Waals surface area contributed by atoms with Gasteiger partial charge in [-0.05, 0) is 60.7 Å². The summed E-state index contributed by atoms with van der Waals surface area (Å²) in [6.07, 6.45) is 1.94. The third-order valence-electron chi connectivity index (χ3n) is 6.15. The molecular weight excluding hydrogens is 488 g/mol. The summed E-state index contributed by atoms with van der Waals surface area (Å²) >= 11 is 5.67. The van der Waals surface area contributed by atoms with Crippen LogP contribution in [0, 0.1) is 0 Å². The molecule has 1 amide bonds. The molecule has 5 rings (SSSR count). The lowest BCUT2D eigenvalue weighted by atomic mass is 10.0. The van der Waals surface area contributed by atoms with E-state index in [1.807, 2.05) is 65.6 Å². The van der Waals surface area contributed by atoms with Gasteiger partial charge >= 0.3 is 5.97 Å². The van der Waals surface area contributed by atoms with E-state index in [9.17, 15) is 14.7 Å². The van der Waals surface area contributed by atoms with E-state index in [4.69, 9.17) is 16.6 Å². The van der Waals surface area contributed by atoms with Crippen molar-refractivity contribution in [3.63, 3.8) is 0 Å². The van der Waals surface area contributed by atoms with Crippen LogP contribution in [-0.4, -0.2) is 38.5 Å². The zero-order valence-electron chi connectivity index (χ0n) is 19.7. The number of rotatable bonds is 8. The lowest BCUT2D eigenvalue weighted by Gasteiger charge is -2.25. The number of carboxylic acids is 1. The number of thiocarbonyl (C=S) groups is 1. The number of carboxylic acid groups (broad SMARTS) is 1. The zero-order valence-corrected chi connectivity index (χ0v) is 20.5. The molecule has 0 bridgehead atoms. The molecule has 2 aromatic carbocycles. The lowest BCUT2D eigenvalue weighted by Crippen LogP contribution is -2.32. The van der Waals surface area contributed by atoms with Crippen molar-refractivity contribution in [3.05, 3.63) is 108 Å². The van der Waals surface area contributed by atoms with E-state index in [-0.39, 0.29) is 30.0 Å². The molecule has 0 unspecified atom stereocenters. The fraction of sp³-hybridized carbons (Fsp3) is 0.143. The van der Waals surface area contributed by atoms with Gasteiger partial charge < -0.3 is 25.1 Å². The molecule has 2 aromatic heterocycles. The van der Waals surface area contributed by atoms with Crippen molar-refractivity contribution in [1.29, 1.82) is 0 Å². The number of benzene rings is 2. The van der Waals surface area contributed by atoms with E-state index in [0.29, 0.717) is 28.7 Å². The van der Waals surface area contributed by atoms with Crippen LogP contribution in [0.4, 0.5) is 5.69 Å². The van der Waals surface area contributed by atoms with Gasteiger partial charge in [0, 0.05) is 30.4 Å². The minimum absolute atomic E-state index is 0.125. The van der Waals surface area contributed by atoms with Crippen molar-refractivity contribution in [2.24, 2.45) is 0 Å². The van der Waals surface area contributed by atoms with E-state index < -0.39 is 5.97 Å². The van der Waals surface area contributed by atoms with Crippen molar-refractivity contribution in [2.45, 2.75) is 18.5 Å².